The number of hydrogen-bond donors (Lipinski definition) is 2. The largest absolute Gasteiger partial charge is 0.439 e. The average molecular weight is 348 g/mol. The van der Waals surface area contributed by atoms with E-state index in [0.29, 0.717) is 40.8 Å². The molecule has 4 rings (SSSR count). The highest BCUT2D eigenvalue weighted by atomic mass is 16.5. The Bertz CT molecular complexity index is 826. The Morgan fingerprint density at radius 3 is 2.73 bits per heavy atom. The number of carbonyl (C=O) groups is 1. The van der Waals surface area contributed by atoms with E-state index in [1.165, 1.54) is 19.0 Å². The number of nitrogens with one attached hydrogen (secondary N) is 2. The molecule has 1 aromatic heterocycles. The molecule has 6 heteroatoms. The fourth-order valence-corrected chi connectivity index (χ4v) is 3.79. The quantitative estimate of drug-likeness (QED) is 0.867. The van der Waals surface area contributed by atoms with Gasteiger partial charge in [-0.05, 0) is 55.5 Å². The zero-order valence-electron chi connectivity index (χ0n) is 14.3. The van der Waals surface area contributed by atoms with Crippen LogP contribution in [0.1, 0.15) is 35.2 Å². The highest BCUT2D eigenvalue weighted by Crippen LogP contribution is 2.32. The Hall–Kier alpha value is -2.91. The van der Waals surface area contributed by atoms with Gasteiger partial charge in [0.25, 0.3) is 5.91 Å². The van der Waals surface area contributed by atoms with Gasteiger partial charge >= 0.3 is 0 Å². The van der Waals surface area contributed by atoms with Gasteiger partial charge in [0.1, 0.15) is 11.8 Å². The van der Waals surface area contributed by atoms with Crippen LogP contribution in [0.4, 0.5) is 0 Å². The summed E-state index contributed by atoms with van der Waals surface area (Å²) in [5, 5.41) is 15.4. The number of ether oxygens (including phenoxy) is 1. The lowest BCUT2D eigenvalue weighted by molar-refractivity contribution is 0.0945. The summed E-state index contributed by atoms with van der Waals surface area (Å²) in [4.78, 5) is 16.4. The number of rotatable bonds is 5. The minimum atomic E-state index is -0.0594. The lowest BCUT2D eigenvalue weighted by Gasteiger charge is -2.20. The molecule has 0 aliphatic carbocycles. The zero-order valence-corrected chi connectivity index (χ0v) is 14.3. The number of fused-ring (bicyclic) bond motifs is 2. The molecule has 1 amide bonds. The summed E-state index contributed by atoms with van der Waals surface area (Å²) in [5.74, 6) is 1.49. The van der Waals surface area contributed by atoms with Crippen molar-refractivity contribution in [3.05, 3.63) is 53.7 Å². The number of pyridine rings is 1. The van der Waals surface area contributed by atoms with Crippen molar-refractivity contribution >= 4 is 5.91 Å². The lowest BCUT2D eigenvalue weighted by Crippen LogP contribution is -2.34. The van der Waals surface area contributed by atoms with Gasteiger partial charge in [-0.15, -0.1) is 0 Å². The van der Waals surface area contributed by atoms with Crippen LogP contribution in [0.3, 0.4) is 0 Å². The van der Waals surface area contributed by atoms with E-state index >= 15 is 0 Å². The number of aromatic nitrogens is 1. The Labute approximate surface area is 152 Å². The van der Waals surface area contributed by atoms with Gasteiger partial charge in [0.05, 0.1) is 5.56 Å². The number of nitriles is 1. The fraction of sp³-hybridized carbons (Fsp3) is 0.350. The highest BCUT2D eigenvalue weighted by molar-refractivity contribution is 5.94. The molecule has 3 atom stereocenters. The number of amides is 1. The van der Waals surface area contributed by atoms with Crippen molar-refractivity contribution in [1.29, 1.82) is 5.26 Å². The van der Waals surface area contributed by atoms with Crippen molar-refractivity contribution in [3.8, 4) is 17.7 Å². The molecular weight excluding hydrogens is 328 g/mol. The summed E-state index contributed by atoms with van der Waals surface area (Å²) in [6, 6.07) is 13.5. The molecule has 1 aromatic carbocycles. The summed E-state index contributed by atoms with van der Waals surface area (Å²) in [7, 11) is 0. The van der Waals surface area contributed by atoms with Crippen LogP contribution >= 0.6 is 0 Å². The van der Waals surface area contributed by atoms with Gasteiger partial charge in [-0.1, -0.05) is 0 Å². The molecule has 2 saturated heterocycles. The van der Waals surface area contributed by atoms with E-state index in [1.54, 1.807) is 36.4 Å². The molecule has 3 unspecified atom stereocenters. The second kappa shape index (κ2) is 7.14. The van der Waals surface area contributed by atoms with Gasteiger partial charge in [0, 0.05) is 36.5 Å². The van der Waals surface area contributed by atoms with Gasteiger partial charge in [0.2, 0.25) is 5.88 Å². The number of nitrogens with zero attached hydrogens (tertiary/aromatic N) is 2. The second-order valence-corrected chi connectivity index (χ2v) is 6.88. The van der Waals surface area contributed by atoms with Crippen molar-refractivity contribution in [2.75, 3.05) is 6.54 Å². The van der Waals surface area contributed by atoms with Crippen LogP contribution in [-0.2, 0) is 0 Å². The predicted octanol–water partition coefficient (Wildman–Crippen LogP) is 2.62. The van der Waals surface area contributed by atoms with Crippen molar-refractivity contribution in [2.45, 2.75) is 31.3 Å². The number of hydrogen-bond acceptors (Lipinski definition) is 5. The fourth-order valence-electron chi connectivity index (χ4n) is 3.79. The first-order valence-electron chi connectivity index (χ1n) is 8.89. The van der Waals surface area contributed by atoms with Gasteiger partial charge in [0.15, 0.2) is 0 Å². The summed E-state index contributed by atoms with van der Waals surface area (Å²) in [6.45, 7) is 0.723. The van der Waals surface area contributed by atoms with Crippen LogP contribution < -0.4 is 15.4 Å². The molecule has 2 aliphatic heterocycles. The van der Waals surface area contributed by atoms with Crippen LogP contribution in [0.5, 0.6) is 11.6 Å². The van der Waals surface area contributed by atoms with Crippen molar-refractivity contribution in [1.82, 2.24) is 15.6 Å². The van der Waals surface area contributed by atoms with Crippen LogP contribution in [0.2, 0.25) is 0 Å². The molecule has 26 heavy (non-hydrogen) atoms. The van der Waals surface area contributed by atoms with E-state index in [2.05, 4.69) is 15.6 Å². The van der Waals surface area contributed by atoms with Crippen molar-refractivity contribution in [3.63, 3.8) is 0 Å². The van der Waals surface area contributed by atoms with Gasteiger partial charge in [-0.3, -0.25) is 4.79 Å². The number of benzene rings is 1. The van der Waals surface area contributed by atoms with Gasteiger partial charge in [-0.25, -0.2) is 4.98 Å². The molecule has 2 N–H and O–H groups in total. The van der Waals surface area contributed by atoms with E-state index in [1.807, 2.05) is 6.07 Å². The number of carbonyl (C=O) groups excluding carboxylic acids is 1. The van der Waals surface area contributed by atoms with E-state index in [9.17, 15) is 4.79 Å². The first kappa shape index (κ1) is 16.6. The van der Waals surface area contributed by atoms with Crippen molar-refractivity contribution in [2.24, 2.45) is 5.92 Å². The third-order valence-electron chi connectivity index (χ3n) is 5.16. The maximum absolute atomic E-state index is 12.3. The van der Waals surface area contributed by atoms with Crippen LogP contribution in [0, 0.1) is 17.2 Å². The SMILES string of the molecule is N#Cc1ccc(Oc2ccc(C(=O)NCC3CC4CCC3N4)cc2)nc1. The molecule has 0 radical (unpaired) electrons. The van der Waals surface area contributed by atoms with E-state index in [4.69, 9.17) is 10.00 Å². The smallest absolute Gasteiger partial charge is 0.251 e. The standard InChI is InChI=1S/C20H20N4O2/c21-10-13-1-8-19(22-11-13)26-17-5-2-14(3-6-17)20(25)23-12-15-9-16-4-7-18(15)24-16/h1-3,5-6,8,11,15-16,18,24H,4,7,9,12H2,(H,23,25). The lowest BCUT2D eigenvalue weighted by atomic mass is 9.89. The molecule has 132 valence electrons. The third kappa shape index (κ3) is 3.53. The molecule has 2 bridgehead atoms. The minimum Gasteiger partial charge on any atom is -0.439 e. The molecule has 2 aromatic rings. The predicted molar refractivity (Wildman–Crippen MR) is 95.9 cm³/mol. The van der Waals surface area contributed by atoms with Gasteiger partial charge in [-0.2, -0.15) is 5.26 Å². The Morgan fingerprint density at radius 2 is 2.12 bits per heavy atom. The molecule has 2 aliphatic rings. The Balaban J connectivity index is 1.31. The van der Waals surface area contributed by atoms with Crippen LogP contribution in [0.15, 0.2) is 42.6 Å². The average Bonchev–Trinajstić information content (AvgIpc) is 3.30. The first-order valence-corrected chi connectivity index (χ1v) is 8.89. The van der Waals surface area contributed by atoms with Gasteiger partial charge < -0.3 is 15.4 Å². The monoisotopic (exact) mass is 348 g/mol. The summed E-state index contributed by atoms with van der Waals surface area (Å²) in [6.07, 6.45) is 5.11. The van der Waals surface area contributed by atoms with E-state index in [-0.39, 0.29) is 5.91 Å². The normalized spacial score (nSPS) is 23.4. The topological polar surface area (TPSA) is 87.0 Å². The van der Waals surface area contributed by atoms with E-state index in [0.717, 1.165) is 13.0 Å². The Morgan fingerprint density at radius 1 is 1.27 bits per heavy atom. The summed E-state index contributed by atoms with van der Waals surface area (Å²) in [5.41, 5.74) is 1.09. The maximum Gasteiger partial charge on any atom is 0.251 e. The molecule has 3 heterocycles. The summed E-state index contributed by atoms with van der Waals surface area (Å²) >= 11 is 0. The molecule has 6 nitrogen and oxygen atoms in total. The van der Waals surface area contributed by atoms with Crippen LogP contribution in [0.25, 0.3) is 0 Å². The maximum atomic E-state index is 12.3. The van der Waals surface area contributed by atoms with Crippen molar-refractivity contribution < 1.29 is 9.53 Å². The Kier molecular flexibility index (Phi) is 4.55. The zero-order chi connectivity index (χ0) is 17.9. The second-order valence-electron chi connectivity index (χ2n) is 6.88. The minimum absolute atomic E-state index is 0.0594. The molecular formula is C20H20N4O2. The van der Waals surface area contributed by atoms with Crippen LogP contribution in [-0.4, -0.2) is 29.5 Å². The molecule has 2 fully saturated rings. The molecule has 0 spiro atoms. The first-order chi connectivity index (χ1) is 12.7. The highest BCUT2D eigenvalue weighted by Gasteiger charge is 2.38. The van der Waals surface area contributed by atoms with E-state index < -0.39 is 0 Å². The summed E-state index contributed by atoms with van der Waals surface area (Å²) < 4.78 is 5.63. The third-order valence-corrected chi connectivity index (χ3v) is 5.16. The molecule has 0 saturated carbocycles.